The van der Waals surface area contributed by atoms with Gasteiger partial charge in [0.05, 0.1) is 5.41 Å². The number of amides is 2. The van der Waals surface area contributed by atoms with Crippen LogP contribution in [0, 0.1) is 5.41 Å². The van der Waals surface area contributed by atoms with Crippen LogP contribution in [0.15, 0.2) is 0 Å². The van der Waals surface area contributed by atoms with Gasteiger partial charge in [-0.3, -0.25) is 9.59 Å². The van der Waals surface area contributed by atoms with Gasteiger partial charge in [0, 0.05) is 39.3 Å². The molecule has 0 aromatic carbocycles. The number of carbonyl (C=O) groups is 2. The summed E-state index contributed by atoms with van der Waals surface area (Å²) in [6.07, 6.45) is 2.82. The lowest BCUT2D eigenvalue weighted by Gasteiger charge is -2.39. The SMILES string of the molecule is COCC(=O)N1CCN(C(=O)C2(C)CCCC2N)CC1. The minimum absolute atomic E-state index is 0.0108. The van der Waals surface area contributed by atoms with Gasteiger partial charge in [0.2, 0.25) is 11.8 Å². The fourth-order valence-electron chi connectivity index (χ4n) is 3.19. The monoisotopic (exact) mass is 283 g/mol. The Hall–Kier alpha value is -1.14. The minimum atomic E-state index is -0.418. The Morgan fingerprint density at radius 2 is 1.85 bits per heavy atom. The van der Waals surface area contributed by atoms with Crippen molar-refractivity contribution in [1.82, 2.24) is 9.80 Å². The number of rotatable bonds is 3. The fraction of sp³-hybridized carbons (Fsp3) is 0.857. The van der Waals surface area contributed by atoms with Crippen molar-refractivity contribution < 1.29 is 14.3 Å². The molecule has 1 saturated heterocycles. The van der Waals surface area contributed by atoms with Crippen LogP contribution in [0.3, 0.4) is 0 Å². The third-order valence-electron chi connectivity index (χ3n) is 4.71. The number of methoxy groups -OCH3 is 1. The van der Waals surface area contributed by atoms with Crippen molar-refractivity contribution in [3.8, 4) is 0 Å². The van der Waals surface area contributed by atoms with Crippen LogP contribution in [0.1, 0.15) is 26.2 Å². The normalized spacial score (nSPS) is 30.6. The molecule has 2 aliphatic rings. The molecular formula is C14H25N3O3. The van der Waals surface area contributed by atoms with Crippen molar-refractivity contribution in [1.29, 1.82) is 0 Å². The van der Waals surface area contributed by atoms with Gasteiger partial charge in [0.15, 0.2) is 0 Å². The topological polar surface area (TPSA) is 75.9 Å². The molecule has 1 aliphatic heterocycles. The van der Waals surface area contributed by atoms with E-state index in [0.717, 1.165) is 19.3 Å². The number of ether oxygens (including phenoxy) is 1. The number of piperazine rings is 1. The summed E-state index contributed by atoms with van der Waals surface area (Å²) < 4.78 is 4.85. The second-order valence-electron chi connectivity index (χ2n) is 6.02. The van der Waals surface area contributed by atoms with E-state index in [1.165, 1.54) is 7.11 Å². The van der Waals surface area contributed by atoms with Gasteiger partial charge in [0.1, 0.15) is 6.61 Å². The molecule has 6 heteroatoms. The predicted octanol–water partition coefficient (Wildman–Crippen LogP) is -0.179. The van der Waals surface area contributed by atoms with Crippen LogP contribution >= 0.6 is 0 Å². The molecule has 20 heavy (non-hydrogen) atoms. The first-order chi connectivity index (χ1) is 9.49. The fourth-order valence-corrected chi connectivity index (χ4v) is 3.19. The molecule has 2 amide bonds. The Morgan fingerprint density at radius 1 is 1.25 bits per heavy atom. The summed E-state index contributed by atoms with van der Waals surface area (Å²) >= 11 is 0. The number of hydrogen-bond donors (Lipinski definition) is 1. The Morgan fingerprint density at radius 3 is 2.35 bits per heavy atom. The molecule has 0 aromatic rings. The summed E-state index contributed by atoms with van der Waals surface area (Å²) in [6.45, 7) is 4.44. The van der Waals surface area contributed by atoms with Crippen molar-refractivity contribution in [3.05, 3.63) is 0 Å². The van der Waals surface area contributed by atoms with Crippen LogP contribution in [-0.4, -0.2) is 67.6 Å². The first-order valence-corrected chi connectivity index (χ1v) is 7.30. The summed E-state index contributed by atoms with van der Waals surface area (Å²) in [5, 5.41) is 0. The first-order valence-electron chi connectivity index (χ1n) is 7.30. The van der Waals surface area contributed by atoms with E-state index in [1.807, 2.05) is 11.8 Å². The number of hydrogen-bond acceptors (Lipinski definition) is 4. The van der Waals surface area contributed by atoms with Crippen molar-refractivity contribution in [2.45, 2.75) is 32.2 Å². The first kappa shape index (κ1) is 15.3. The number of nitrogens with zero attached hydrogens (tertiary/aromatic N) is 2. The molecule has 0 spiro atoms. The van der Waals surface area contributed by atoms with Crippen LogP contribution in [0.25, 0.3) is 0 Å². The van der Waals surface area contributed by atoms with Crippen LogP contribution in [0.2, 0.25) is 0 Å². The summed E-state index contributed by atoms with van der Waals surface area (Å²) in [5.74, 6) is 0.143. The van der Waals surface area contributed by atoms with Crippen molar-refractivity contribution in [2.75, 3.05) is 39.9 Å². The molecular weight excluding hydrogens is 258 g/mol. The van der Waals surface area contributed by atoms with E-state index in [1.54, 1.807) is 4.90 Å². The number of carbonyl (C=O) groups excluding carboxylic acids is 2. The maximum Gasteiger partial charge on any atom is 0.248 e. The minimum Gasteiger partial charge on any atom is -0.375 e. The largest absolute Gasteiger partial charge is 0.375 e. The van der Waals surface area contributed by atoms with E-state index >= 15 is 0 Å². The van der Waals surface area contributed by atoms with Crippen LogP contribution in [0.5, 0.6) is 0 Å². The van der Waals surface area contributed by atoms with Crippen molar-refractivity contribution in [3.63, 3.8) is 0 Å². The predicted molar refractivity (Wildman–Crippen MR) is 75.0 cm³/mol. The van der Waals surface area contributed by atoms with Gasteiger partial charge < -0.3 is 20.3 Å². The molecule has 0 radical (unpaired) electrons. The molecule has 2 unspecified atom stereocenters. The standard InChI is InChI=1S/C14H25N3O3/c1-14(5-3-4-11(14)15)13(19)17-8-6-16(7-9-17)12(18)10-20-2/h11H,3-10,15H2,1-2H3. The highest BCUT2D eigenvalue weighted by molar-refractivity contribution is 5.84. The lowest BCUT2D eigenvalue weighted by atomic mass is 9.83. The van der Waals surface area contributed by atoms with E-state index in [4.69, 9.17) is 10.5 Å². The average Bonchev–Trinajstić information content (AvgIpc) is 2.79. The Balaban J connectivity index is 1.90. The second kappa shape index (κ2) is 6.10. The zero-order chi connectivity index (χ0) is 14.8. The molecule has 2 rings (SSSR count). The van der Waals surface area contributed by atoms with Gasteiger partial charge in [0.25, 0.3) is 0 Å². The Kier molecular flexibility index (Phi) is 4.65. The van der Waals surface area contributed by atoms with E-state index < -0.39 is 5.41 Å². The maximum atomic E-state index is 12.7. The molecule has 2 fully saturated rings. The van der Waals surface area contributed by atoms with Crippen molar-refractivity contribution in [2.24, 2.45) is 11.1 Å². The third kappa shape index (κ3) is 2.81. The average molecular weight is 283 g/mol. The molecule has 1 saturated carbocycles. The van der Waals surface area contributed by atoms with Gasteiger partial charge in [-0.1, -0.05) is 6.42 Å². The van der Waals surface area contributed by atoms with Gasteiger partial charge in [-0.05, 0) is 19.8 Å². The third-order valence-corrected chi connectivity index (χ3v) is 4.71. The molecule has 1 aliphatic carbocycles. The van der Waals surface area contributed by atoms with E-state index in [-0.39, 0.29) is 24.5 Å². The quantitative estimate of drug-likeness (QED) is 0.779. The lowest BCUT2D eigenvalue weighted by molar-refractivity contribution is -0.147. The summed E-state index contributed by atoms with van der Waals surface area (Å²) in [5.41, 5.74) is 5.69. The summed E-state index contributed by atoms with van der Waals surface area (Å²) in [7, 11) is 1.51. The van der Waals surface area contributed by atoms with Gasteiger partial charge in [-0.2, -0.15) is 0 Å². The summed E-state index contributed by atoms with van der Waals surface area (Å²) in [6, 6.07) is -0.0387. The smallest absolute Gasteiger partial charge is 0.248 e. The van der Waals surface area contributed by atoms with Crippen molar-refractivity contribution >= 4 is 11.8 Å². The van der Waals surface area contributed by atoms with Gasteiger partial charge in [-0.15, -0.1) is 0 Å². The second-order valence-corrected chi connectivity index (χ2v) is 6.02. The lowest BCUT2D eigenvalue weighted by Crippen LogP contribution is -2.56. The highest BCUT2D eigenvalue weighted by atomic mass is 16.5. The van der Waals surface area contributed by atoms with Gasteiger partial charge >= 0.3 is 0 Å². The zero-order valence-corrected chi connectivity index (χ0v) is 12.4. The highest BCUT2D eigenvalue weighted by Crippen LogP contribution is 2.38. The maximum absolute atomic E-state index is 12.7. The van der Waals surface area contributed by atoms with Crippen LogP contribution in [-0.2, 0) is 14.3 Å². The molecule has 2 N–H and O–H groups in total. The molecule has 2 atom stereocenters. The summed E-state index contributed by atoms with van der Waals surface area (Å²) in [4.78, 5) is 28.0. The van der Waals surface area contributed by atoms with E-state index in [0.29, 0.717) is 26.2 Å². The van der Waals surface area contributed by atoms with Crippen LogP contribution < -0.4 is 5.73 Å². The van der Waals surface area contributed by atoms with Gasteiger partial charge in [-0.25, -0.2) is 0 Å². The molecule has 1 heterocycles. The van der Waals surface area contributed by atoms with E-state index in [9.17, 15) is 9.59 Å². The van der Waals surface area contributed by atoms with Crippen LogP contribution in [0.4, 0.5) is 0 Å². The molecule has 0 aromatic heterocycles. The highest BCUT2D eigenvalue weighted by Gasteiger charge is 2.45. The zero-order valence-electron chi connectivity index (χ0n) is 12.4. The molecule has 114 valence electrons. The van der Waals surface area contributed by atoms with E-state index in [2.05, 4.69) is 0 Å². The Bertz CT molecular complexity index is 380. The Labute approximate surface area is 120 Å². The molecule has 0 bridgehead atoms. The number of nitrogens with two attached hydrogens (primary N) is 1. The molecule has 6 nitrogen and oxygen atoms in total.